The minimum absolute atomic E-state index is 0.203. The first kappa shape index (κ1) is 16.9. The van der Waals surface area contributed by atoms with Crippen LogP contribution < -0.4 is 11.1 Å². The number of nitrogens with two attached hydrogens (primary N) is 1. The average molecular weight is 347 g/mol. The molecule has 0 saturated heterocycles. The Labute approximate surface area is 127 Å². The summed E-state index contributed by atoms with van der Waals surface area (Å²) >= 11 is 3.20. The molecule has 1 unspecified atom stereocenters. The smallest absolute Gasteiger partial charge is 0.407 e. The molecule has 1 atom stereocenters. The van der Waals surface area contributed by atoms with Crippen molar-refractivity contribution in [3.8, 4) is 0 Å². The molecular weight excluding hydrogens is 327 g/mol. The Hall–Kier alpha value is -1.14. The third-order valence-corrected chi connectivity index (χ3v) is 2.98. The minimum Gasteiger partial charge on any atom is -0.444 e. The quantitative estimate of drug-likeness (QED) is 0.880. The van der Waals surface area contributed by atoms with E-state index in [9.17, 15) is 9.18 Å². The summed E-state index contributed by atoms with van der Waals surface area (Å²) in [6.07, 6.45) is -0.236. The van der Waals surface area contributed by atoms with Crippen LogP contribution in [0.1, 0.15) is 26.3 Å². The van der Waals surface area contributed by atoms with E-state index in [1.165, 1.54) is 6.07 Å². The van der Waals surface area contributed by atoms with E-state index in [4.69, 9.17) is 10.5 Å². The fraction of sp³-hybridized carbons (Fsp3) is 0.500. The molecule has 1 aromatic carbocycles. The van der Waals surface area contributed by atoms with Crippen LogP contribution in [-0.4, -0.2) is 24.3 Å². The Bertz CT molecular complexity index is 475. The van der Waals surface area contributed by atoms with Crippen molar-refractivity contribution in [1.82, 2.24) is 5.32 Å². The number of nitrogens with one attached hydrogen (secondary N) is 1. The second-order valence-electron chi connectivity index (χ2n) is 5.52. The number of alkyl carbamates (subject to hydrolysis) is 1. The first-order valence-electron chi connectivity index (χ1n) is 6.35. The first-order chi connectivity index (χ1) is 9.21. The molecule has 3 N–H and O–H groups in total. The van der Waals surface area contributed by atoms with Gasteiger partial charge in [-0.25, -0.2) is 9.18 Å². The van der Waals surface area contributed by atoms with Gasteiger partial charge in [0, 0.05) is 17.1 Å². The Kier molecular flexibility index (Phi) is 5.95. The van der Waals surface area contributed by atoms with Crippen molar-refractivity contribution in [3.63, 3.8) is 0 Å². The topological polar surface area (TPSA) is 64.3 Å². The number of carbonyl (C=O) groups excluding carboxylic acids is 1. The molecule has 6 heteroatoms. The summed E-state index contributed by atoms with van der Waals surface area (Å²) in [6, 6.07) is 4.43. The van der Waals surface area contributed by atoms with Gasteiger partial charge in [-0.2, -0.15) is 0 Å². The van der Waals surface area contributed by atoms with Crippen LogP contribution in [0.3, 0.4) is 0 Å². The molecule has 0 bridgehead atoms. The third-order valence-electron chi connectivity index (χ3n) is 2.49. The predicted molar refractivity (Wildman–Crippen MR) is 80.0 cm³/mol. The molecule has 1 amide bonds. The normalized spacial score (nSPS) is 12.9. The lowest BCUT2D eigenvalue weighted by Gasteiger charge is -2.23. The minimum atomic E-state index is -0.577. The zero-order chi connectivity index (χ0) is 15.3. The molecule has 1 rings (SSSR count). The molecule has 0 aromatic heterocycles. The summed E-state index contributed by atoms with van der Waals surface area (Å²) in [5.41, 5.74) is 5.53. The zero-order valence-electron chi connectivity index (χ0n) is 11.9. The summed E-state index contributed by atoms with van der Waals surface area (Å²) in [7, 11) is 0. The number of rotatable bonds is 4. The monoisotopic (exact) mass is 346 g/mol. The van der Waals surface area contributed by atoms with E-state index in [2.05, 4.69) is 21.2 Å². The highest BCUT2D eigenvalue weighted by Gasteiger charge is 2.19. The van der Waals surface area contributed by atoms with Crippen molar-refractivity contribution in [3.05, 3.63) is 34.1 Å². The standard InChI is InChI=1S/C14H20BrFN2O2/c1-14(2,3)20-13(19)18-11(8-17)6-9-4-5-10(15)7-12(9)16/h4-5,7,11H,6,8,17H2,1-3H3,(H,18,19). The lowest BCUT2D eigenvalue weighted by molar-refractivity contribution is 0.0505. The highest BCUT2D eigenvalue weighted by molar-refractivity contribution is 9.10. The van der Waals surface area contributed by atoms with E-state index in [0.717, 1.165) is 0 Å². The number of ether oxygens (including phenoxy) is 1. The molecule has 4 nitrogen and oxygen atoms in total. The Morgan fingerprint density at radius 1 is 1.50 bits per heavy atom. The van der Waals surface area contributed by atoms with Gasteiger partial charge in [0.05, 0.1) is 0 Å². The molecule has 0 spiro atoms. The van der Waals surface area contributed by atoms with Gasteiger partial charge < -0.3 is 15.8 Å². The van der Waals surface area contributed by atoms with Gasteiger partial charge in [0.1, 0.15) is 11.4 Å². The van der Waals surface area contributed by atoms with Gasteiger partial charge in [0.25, 0.3) is 0 Å². The highest BCUT2D eigenvalue weighted by Crippen LogP contribution is 2.16. The van der Waals surface area contributed by atoms with Crippen LogP contribution in [0.15, 0.2) is 22.7 Å². The van der Waals surface area contributed by atoms with Crippen molar-refractivity contribution in [2.75, 3.05) is 6.54 Å². The first-order valence-corrected chi connectivity index (χ1v) is 7.14. The van der Waals surface area contributed by atoms with Crippen LogP contribution >= 0.6 is 15.9 Å². The number of halogens is 2. The fourth-order valence-corrected chi connectivity index (χ4v) is 1.95. The molecule has 112 valence electrons. The van der Waals surface area contributed by atoms with Crippen LogP contribution in [0.2, 0.25) is 0 Å². The second kappa shape index (κ2) is 7.04. The van der Waals surface area contributed by atoms with Gasteiger partial charge in [-0.3, -0.25) is 0 Å². The molecule has 0 aliphatic rings. The molecule has 0 aliphatic heterocycles. The molecule has 0 heterocycles. The van der Waals surface area contributed by atoms with Crippen LogP contribution in [0.5, 0.6) is 0 Å². The van der Waals surface area contributed by atoms with Crippen LogP contribution in [-0.2, 0) is 11.2 Å². The molecular formula is C14H20BrFN2O2. The van der Waals surface area contributed by atoms with E-state index in [0.29, 0.717) is 16.5 Å². The molecule has 0 radical (unpaired) electrons. The van der Waals surface area contributed by atoms with Crippen molar-refractivity contribution in [2.45, 2.75) is 38.8 Å². The van der Waals surface area contributed by atoms with Crippen molar-refractivity contribution < 1.29 is 13.9 Å². The maximum atomic E-state index is 13.7. The lowest BCUT2D eigenvalue weighted by atomic mass is 10.1. The third kappa shape index (κ3) is 5.88. The van der Waals surface area contributed by atoms with Gasteiger partial charge in [-0.1, -0.05) is 22.0 Å². The predicted octanol–water partition coefficient (Wildman–Crippen LogP) is 2.98. The van der Waals surface area contributed by atoms with Gasteiger partial charge in [0.2, 0.25) is 0 Å². The fourth-order valence-electron chi connectivity index (χ4n) is 1.62. The highest BCUT2D eigenvalue weighted by atomic mass is 79.9. The summed E-state index contributed by atoms with van der Waals surface area (Å²) in [6.45, 7) is 5.53. The maximum absolute atomic E-state index is 13.7. The molecule has 0 saturated carbocycles. The van der Waals surface area contributed by atoms with Crippen LogP contribution in [0, 0.1) is 5.82 Å². The van der Waals surface area contributed by atoms with Crippen LogP contribution in [0.25, 0.3) is 0 Å². The van der Waals surface area contributed by atoms with Crippen molar-refractivity contribution >= 4 is 22.0 Å². The largest absolute Gasteiger partial charge is 0.444 e. The van der Waals surface area contributed by atoms with E-state index in [1.54, 1.807) is 32.9 Å². The van der Waals surface area contributed by atoms with Crippen molar-refractivity contribution in [2.24, 2.45) is 5.73 Å². The number of benzene rings is 1. The molecule has 1 aromatic rings. The van der Waals surface area contributed by atoms with Crippen molar-refractivity contribution in [1.29, 1.82) is 0 Å². The Balaban J connectivity index is 2.65. The van der Waals surface area contributed by atoms with Gasteiger partial charge in [0.15, 0.2) is 0 Å². The number of hydrogen-bond acceptors (Lipinski definition) is 3. The van der Waals surface area contributed by atoms with Crippen LogP contribution in [0.4, 0.5) is 9.18 Å². The number of amides is 1. The summed E-state index contributed by atoms with van der Waals surface area (Å²) in [5, 5.41) is 2.65. The lowest BCUT2D eigenvalue weighted by Crippen LogP contribution is -2.44. The number of hydrogen-bond donors (Lipinski definition) is 2. The average Bonchev–Trinajstić information content (AvgIpc) is 2.29. The summed E-state index contributed by atoms with van der Waals surface area (Å²) < 4.78 is 19.6. The van der Waals surface area contributed by atoms with Gasteiger partial charge in [-0.15, -0.1) is 0 Å². The SMILES string of the molecule is CC(C)(C)OC(=O)NC(CN)Cc1ccc(Br)cc1F. The number of carbonyl (C=O) groups is 1. The van der Waals surface area contributed by atoms with E-state index in [1.807, 2.05) is 0 Å². The Morgan fingerprint density at radius 3 is 2.65 bits per heavy atom. The van der Waals surface area contributed by atoms with E-state index >= 15 is 0 Å². The second-order valence-corrected chi connectivity index (χ2v) is 6.43. The Morgan fingerprint density at radius 2 is 2.15 bits per heavy atom. The molecule has 0 aliphatic carbocycles. The van der Waals surface area contributed by atoms with Gasteiger partial charge in [-0.05, 0) is 44.9 Å². The molecule has 0 fully saturated rings. The summed E-state index contributed by atoms with van der Waals surface area (Å²) in [4.78, 5) is 11.7. The van der Waals surface area contributed by atoms with Gasteiger partial charge >= 0.3 is 6.09 Å². The zero-order valence-corrected chi connectivity index (χ0v) is 13.5. The maximum Gasteiger partial charge on any atom is 0.407 e. The van der Waals surface area contributed by atoms with E-state index < -0.39 is 11.7 Å². The van der Waals surface area contributed by atoms with E-state index in [-0.39, 0.29) is 18.4 Å². The molecule has 20 heavy (non-hydrogen) atoms. The summed E-state index contributed by atoms with van der Waals surface area (Å²) in [5.74, 6) is -0.330.